The van der Waals surface area contributed by atoms with Gasteiger partial charge < -0.3 is 14.4 Å². The number of nitrogens with zero attached hydrogens (tertiary/aromatic N) is 5. The molecule has 0 aliphatic carbocycles. The first-order chi connectivity index (χ1) is 15.8. The summed E-state index contributed by atoms with van der Waals surface area (Å²) in [6, 6.07) is 11.7. The van der Waals surface area contributed by atoms with Crippen LogP contribution in [0.2, 0.25) is 0 Å². The van der Waals surface area contributed by atoms with Crippen LogP contribution in [0.1, 0.15) is 39.0 Å². The number of rotatable bonds is 5. The summed E-state index contributed by atoms with van der Waals surface area (Å²) in [6.45, 7) is 9.28. The molecule has 0 bridgehead atoms. The molecule has 0 radical (unpaired) electrons. The molecule has 172 valence electrons. The van der Waals surface area contributed by atoms with E-state index in [1.54, 1.807) is 22.0 Å². The molecule has 1 aliphatic rings. The van der Waals surface area contributed by atoms with E-state index in [4.69, 9.17) is 9.47 Å². The molecule has 8 nitrogen and oxygen atoms in total. The normalized spacial score (nSPS) is 16.3. The zero-order valence-electron chi connectivity index (χ0n) is 19.4. The van der Waals surface area contributed by atoms with E-state index in [9.17, 15) is 4.79 Å². The lowest BCUT2D eigenvalue weighted by molar-refractivity contribution is 0.0251. The van der Waals surface area contributed by atoms with Crippen molar-refractivity contribution in [3.05, 3.63) is 72.3 Å². The number of hydrogen-bond donors (Lipinski definition) is 0. The van der Waals surface area contributed by atoms with E-state index in [1.165, 1.54) is 5.57 Å². The second kappa shape index (κ2) is 9.44. The van der Waals surface area contributed by atoms with Crippen molar-refractivity contribution in [2.45, 2.75) is 39.9 Å². The topological polar surface area (TPSA) is 82.4 Å². The van der Waals surface area contributed by atoms with Crippen LogP contribution in [0.3, 0.4) is 0 Å². The van der Waals surface area contributed by atoms with Crippen molar-refractivity contribution >= 4 is 11.7 Å². The predicted molar refractivity (Wildman–Crippen MR) is 125 cm³/mol. The largest absolute Gasteiger partial charge is 0.487 e. The monoisotopic (exact) mass is 447 g/mol. The lowest BCUT2D eigenvalue weighted by Crippen LogP contribution is -2.41. The maximum absolute atomic E-state index is 12.4. The molecule has 2 aromatic heterocycles. The molecule has 33 heavy (non-hydrogen) atoms. The van der Waals surface area contributed by atoms with Crippen molar-refractivity contribution in [3.8, 4) is 11.4 Å². The van der Waals surface area contributed by atoms with E-state index in [-0.39, 0.29) is 12.0 Å². The Bertz CT molecular complexity index is 1100. The third-order valence-electron chi connectivity index (χ3n) is 5.28. The van der Waals surface area contributed by atoms with E-state index in [1.807, 2.05) is 57.3 Å². The Kier molecular flexibility index (Phi) is 6.44. The van der Waals surface area contributed by atoms with Crippen molar-refractivity contribution in [2.75, 3.05) is 13.1 Å². The highest BCUT2D eigenvalue weighted by atomic mass is 16.6. The van der Waals surface area contributed by atoms with Gasteiger partial charge in [0.05, 0.1) is 23.8 Å². The number of benzene rings is 1. The fourth-order valence-electron chi connectivity index (χ4n) is 3.67. The third-order valence-corrected chi connectivity index (χ3v) is 5.28. The average molecular weight is 448 g/mol. The lowest BCUT2D eigenvalue weighted by atomic mass is 9.91. The quantitative estimate of drug-likeness (QED) is 0.572. The van der Waals surface area contributed by atoms with Crippen LogP contribution in [-0.4, -0.2) is 49.7 Å². The number of aromatic nitrogens is 4. The Morgan fingerprint density at radius 3 is 2.55 bits per heavy atom. The van der Waals surface area contributed by atoms with Crippen LogP contribution in [0.15, 0.2) is 61.1 Å². The molecule has 0 saturated heterocycles. The summed E-state index contributed by atoms with van der Waals surface area (Å²) in [4.78, 5) is 18.7. The van der Waals surface area contributed by atoms with Gasteiger partial charge in [0.1, 0.15) is 18.0 Å². The number of pyridine rings is 1. The van der Waals surface area contributed by atoms with Gasteiger partial charge in [-0.25, -0.2) is 9.48 Å². The van der Waals surface area contributed by atoms with Crippen molar-refractivity contribution in [3.63, 3.8) is 0 Å². The highest BCUT2D eigenvalue weighted by molar-refractivity contribution is 5.73. The molecule has 0 N–H and O–H groups in total. The van der Waals surface area contributed by atoms with Gasteiger partial charge >= 0.3 is 6.09 Å². The van der Waals surface area contributed by atoms with E-state index in [2.05, 4.69) is 34.4 Å². The van der Waals surface area contributed by atoms with Gasteiger partial charge in [0.25, 0.3) is 0 Å². The molecule has 0 fully saturated rings. The van der Waals surface area contributed by atoms with E-state index in [0.717, 1.165) is 22.7 Å². The van der Waals surface area contributed by atoms with E-state index in [0.29, 0.717) is 19.7 Å². The second-order valence-electron chi connectivity index (χ2n) is 9.11. The summed E-state index contributed by atoms with van der Waals surface area (Å²) in [5.41, 5.74) is 3.53. The summed E-state index contributed by atoms with van der Waals surface area (Å²) in [7, 11) is 0. The lowest BCUT2D eigenvalue weighted by Gasteiger charge is -2.33. The SMILES string of the molecule is CC1CN(C(=O)OC(C)(C)C)CC=C1c1ccc(COc2ccc(-n3ccnn3)cc2)nc1. The van der Waals surface area contributed by atoms with Gasteiger partial charge in [-0.3, -0.25) is 4.98 Å². The Balaban J connectivity index is 1.34. The summed E-state index contributed by atoms with van der Waals surface area (Å²) >= 11 is 0. The first kappa shape index (κ1) is 22.5. The first-order valence-corrected chi connectivity index (χ1v) is 11.0. The van der Waals surface area contributed by atoms with Crippen LogP contribution in [-0.2, 0) is 11.3 Å². The number of carbonyl (C=O) groups excluding carboxylic acids is 1. The molecule has 1 atom stereocenters. The van der Waals surface area contributed by atoms with Gasteiger partial charge in [0.15, 0.2) is 0 Å². The van der Waals surface area contributed by atoms with Gasteiger partial charge in [0, 0.05) is 19.3 Å². The minimum Gasteiger partial charge on any atom is -0.487 e. The highest BCUT2D eigenvalue weighted by Crippen LogP contribution is 2.28. The van der Waals surface area contributed by atoms with Gasteiger partial charge in [-0.2, -0.15) is 0 Å². The molecule has 3 heterocycles. The van der Waals surface area contributed by atoms with E-state index < -0.39 is 5.60 Å². The number of amides is 1. The van der Waals surface area contributed by atoms with Crippen LogP contribution in [0.4, 0.5) is 4.79 Å². The van der Waals surface area contributed by atoms with Crippen LogP contribution in [0.5, 0.6) is 5.75 Å². The van der Waals surface area contributed by atoms with E-state index >= 15 is 0 Å². The van der Waals surface area contributed by atoms with Crippen LogP contribution < -0.4 is 4.74 Å². The zero-order chi connectivity index (χ0) is 23.4. The highest BCUT2D eigenvalue weighted by Gasteiger charge is 2.27. The number of ether oxygens (including phenoxy) is 2. The van der Waals surface area contributed by atoms with Gasteiger partial charge in [0.2, 0.25) is 0 Å². The van der Waals surface area contributed by atoms with Crippen LogP contribution in [0.25, 0.3) is 11.3 Å². The van der Waals surface area contributed by atoms with Crippen molar-refractivity contribution in [2.24, 2.45) is 5.92 Å². The molecule has 8 heteroatoms. The maximum Gasteiger partial charge on any atom is 0.410 e. The Hall–Kier alpha value is -3.68. The summed E-state index contributed by atoms with van der Waals surface area (Å²) in [5, 5.41) is 7.79. The van der Waals surface area contributed by atoms with Gasteiger partial charge in [-0.1, -0.05) is 24.3 Å². The van der Waals surface area contributed by atoms with Gasteiger partial charge in [-0.15, -0.1) is 5.10 Å². The van der Waals surface area contributed by atoms with Crippen molar-refractivity contribution in [1.82, 2.24) is 24.9 Å². The van der Waals surface area contributed by atoms with Crippen molar-refractivity contribution < 1.29 is 14.3 Å². The van der Waals surface area contributed by atoms with Crippen LogP contribution >= 0.6 is 0 Å². The fourth-order valence-corrected chi connectivity index (χ4v) is 3.67. The molecule has 4 rings (SSSR count). The molecule has 0 spiro atoms. The first-order valence-electron chi connectivity index (χ1n) is 11.0. The molecule has 1 amide bonds. The predicted octanol–water partition coefficient (Wildman–Crippen LogP) is 4.51. The van der Waals surface area contributed by atoms with Crippen molar-refractivity contribution in [1.29, 1.82) is 0 Å². The molecule has 1 unspecified atom stereocenters. The number of hydrogen-bond acceptors (Lipinski definition) is 6. The summed E-state index contributed by atoms with van der Waals surface area (Å²) in [6.07, 6.45) is 7.12. The number of carbonyl (C=O) groups is 1. The molecule has 0 saturated carbocycles. The standard InChI is InChI=1S/C25H29N5O3/c1-18-16-29(24(31)33-25(2,3)4)13-11-23(18)19-5-6-20(26-15-19)17-32-22-9-7-21(8-10-22)30-14-12-27-28-30/h5-12,14-15,18H,13,16-17H2,1-4H3. The molecule has 1 aliphatic heterocycles. The average Bonchev–Trinajstić information content (AvgIpc) is 3.32. The molecular formula is C25H29N5O3. The smallest absolute Gasteiger partial charge is 0.410 e. The molecular weight excluding hydrogens is 418 g/mol. The third kappa shape index (κ3) is 5.77. The maximum atomic E-state index is 12.4. The fraction of sp³-hybridized carbons (Fsp3) is 0.360. The Morgan fingerprint density at radius 1 is 1.15 bits per heavy atom. The Morgan fingerprint density at radius 2 is 1.94 bits per heavy atom. The molecule has 3 aromatic rings. The van der Waals surface area contributed by atoms with Gasteiger partial charge in [-0.05, 0) is 68.2 Å². The Labute approximate surface area is 193 Å². The summed E-state index contributed by atoms with van der Waals surface area (Å²) < 4.78 is 13.1. The summed E-state index contributed by atoms with van der Waals surface area (Å²) in [5.74, 6) is 0.953. The zero-order valence-corrected chi connectivity index (χ0v) is 19.4. The minimum absolute atomic E-state index is 0.193. The molecule has 1 aromatic carbocycles. The second-order valence-corrected chi connectivity index (χ2v) is 9.11. The minimum atomic E-state index is -0.495. The van der Waals surface area contributed by atoms with Crippen LogP contribution in [0, 0.1) is 5.92 Å².